The molecule has 2 aromatic heterocycles. The summed E-state index contributed by atoms with van der Waals surface area (Å²) in [4.78, 5) is 66.1. The number of benzene rings is 1. The lowest BCUT2D eigenvalue weighted by atomic mass is 9.44. The van der Waals surface area contributed by atoms with E-state index in [-0.39, 0.29) is 56.8 Å². The van der Waals surface area contributed by atoms with E-state index in [1.54, 1.807) is 51.1 Å². The third-order valence-corrected chi connectivity index (χ3v) is 13.2. The smallest absolute Gasteiger partial charge is 0.412 e. The average Bonchev–Trinajstić information content (AvgIpc) is 3.68. The van der Waals surface area contributed by atoms with Crippen LogP contribution in [-0.2, 0) is 19.1 Å². The summed E-state index contributed by atoms with van der Waals surface area (Å²) < 4.78 is 12.9. The highest BCUT2D eigenvalue weighted by Crippen LogP contribution is 2.68. The molecule has 5 N–H and O–H groups in total. The zero-order valence-corrected chi connectivity index (χ0v) is 32.8. The summed E-state index contributed by atoms with van der Waals surface area (Å²) in [6.45, 7) is 17.6. The van der Waals surface area contributed by atoms with Crippen LogP contribution in [0, 0.1) is 34.0 Å². The number of ketones is 1. The van der Waals surface area contributed by atoms with Gasteiger partial charge < -0.3 is 25.6 Å². The van der Waals surface area contributed by atoms with Gasteiger partial charge in [0.15, 0.2) is 5.65 Å². The second-order valence-electron chi connectivity index (χ2n) is 16.7. The maximum absolute atomic E-state index is 13.8. The van der Waals surface area contributed by atoms with Gasteiger partial charge in [0.25, 0.3) is 0 Å². The predicted molar refractivity (Wildman–Crippen MR) is 206 cm³/mol. The number of fused-ring (bicyclic) bond motifs is 1. The summed E-state index contributed by atoms with van der Waals surface area (Å²) in [5.74, 6) is -0.980. The first-order valence-electron chi connectivity index (χ1n) is 18.4. The van der Waals surface area contributed by atoms with Gasteiger partial charge in [-0.2, -0.15) is 4.98 Å². The molecule has 2 heterocycles. The molecule has 8 atom stereocenters. The topological polar surface area (TPSA) is 201 Å². The zero-order chi connectivity index (χ0) is 39.4. The SMILES string of the molecule is C=C[C@]1(C)C[C@@H](OC(=O)CSc2nc(N)nc3c2ncn3C(=O)Nc2cccc(NC(=O)OC(C)(C)C)c2)[C@@]2(C)C3C(=O)CC[C@@]3(CC[C@H]2C)[C@@H](C)[C@@H]1O. The number of Topliss-reactive ketones (excluding diaryl/α,β-unsaturated/α-hetero) is 1. The van der Waals surface area contributed by atoms with Crippen molar-refractivity contribution < 1.29 is 33.8 Å². The zero-order valence-electron chi connectivity index (χ0n) is 32.0. The maximum Gasteiger partial charge on any atom is 0.412 e. The van der Waals surface area contributed by atoms with Crippen LogP contribution >= 0.6 is 11.8 Å². The maximum atomic E-state index is 13.8. The van der Waals surface area contributed by atoms with Gasteiger partial charge in [-0.15, -0.1) is 6.58 Å². The lowest BCUT2D eigenvalue weighted by Gasteiger charge is -2.61. The number of rotatable bonds is 7. The Bertz CT molecular complexity index is 2000. The van der Waals surface area contributed by atoms with Gasteiger partial charge in [0.1, 0.15) is 34.4 Å². The fraction of sp³-hybridized carbons (Fsp3) is 0.564. The number of nitrogens with zero attached hydrogens (tertiary/aromatic N) is 4. The largest absolute Gasteiger partial charge is 0.461 e. The van der Waals surface area contributed by atoms with E-state index < -0.39 is 46.7 Å². The van der Waals surface area contributed by atoms with E-state index in [4.69, 9.17) is 15.2 Å². The van der Waals surface area contributed by atoms with Crippen LogP contribution in [0.2, 0.25) is 0 Å². The van der Waals surface area contributed by atoms with Crippen molar-refractivity contribution in [3.05, 3.63) is 43.2 Å². The third-order valence-electron chi connectivity index (χ3n) is 12.3. The average molecular weight is 762 g/mol. The van der Waals surface area contributed by atoms with E-state index in [1.807, 2.05) is 6.92 Å². The van der Waals surface area contributed by atoms with Crippen molar-refractivity contribution in [2.75, 3.05) is 22.1 Å². The van der Waals surface area contributed by atoms with Gasteiger partial charge in [-0.3, -0.25) is 14.9 Å². The summed E-state index contributed by atoms with van der Waals surface area (Å²) in [5.41, 5.74) is 4.81. The number of aliphatic hydroxyl groups is 1. The summed E-state index contributed by atoms with van der Waals surface area (Å²) >= 11 is 1.06. The molecule has 0 radical (unpaired) electrons. The molecular formula is C39H51N7O7S. The lowest BCUT2D eigenvalue weighted by Crippen LogP contribution is -2.63. The molecule has 15 heteroatoms. The number of carbonyl (C=O) groups is 4. The van der Waals surface area contributed by atoms with E-state index in [0.717, 1.165) is 24.6 Å². The van der Waals surface area contributed by atoms with E-state index in [0.29, 0.717) is 30.6 Å². The molecule has 0 saturated heterocycles. The van der Waals surface area contributed by atoms with Crippen molar-refractivity contribution in [1.29, 1.82) is 0 Å². The summed E-state index contributed by atoms with van der Waals surface area (Å²) in [7, 11) is 0. The standard InChI is InChI=1S/C39H51N7O7S/c1-9-37(7)18-26(38(8)21(2)13-15-39(22(3)30(37)49)16-14-25(47)29(38)39)52-27(48)19-54-32-28-31(44-33(40)45-32)46(20-41-28)34(50)42-23-11-10-12-24(17-23)43-35(51)53-36(4,5)6/h9-12,17,20-22,26,29-30,49H,1,13-16,18-19H2,2-8H3,(H,42,50)(H,43,51)(H2,40,44,45)/t21-,22+,26-,29?,30+,37-,38+,39+/m1/s1. The molecule has 3 aliphatic rings. The van der Waals surface area contributed by atoms with Gasteiger partial charge >= 0.3 is 18.1 Å². The minimum Gasteiger partial charge on any atom is -0.461 e. The molecule has 3 aromatic rings. The highest BCUT2D eigenvalue weighted by molar-refractivity contribution is 8.00. The van der Waals surface area contributed by atoms with Gasteiger partial charge in [-0.1, -0.05) is 51.6 Å². The molecule has 3 fully saturated rings. The van der Waals surface area contributed by atoms with E-state index in [1.165, 1.54) is 10.9 Å². The number of esters is 1. The number of imidazole rings is 1. The Labute approximate surface area is 319 Å². The van der Waals surface area contributed by atoms with Crippen LogP contribution in [0.3, 0.4) is 0 Å². The molecule has 2 amide bonds. The molecule has 2 bridgehead atoms. The normalized spacial score (nSPS) is 30.8. The number of aromatic nitrogens is 4. The van der Waals surface area contributed by atoms with Crippen molar-refractivity contribution in [2.24, 2.45) is 34.0 Å². The van der Waals surface area contributed by atoms with Crippen molar-refractivity contribution in [2.45, 2.75) is 103 Å². The van der Waals surface area contributed by atoms with Crippen LogP contribution in [0.5, 0.6) is 0 Å². The fourth-order valence-electron chi connectivity index (χ4n) is 9.24. The van der Waals surface area contributed by atoms with Crippen LogP contribution in [0.15, 0.2) is 48.3 Å². The number of aliphatic hydroxyl groups excluding tert-OH is 1. The molecule has 14 nitrogen and oxygen atoms in total. The van der Waals surface area contributed by atoms with Crippen LogP contribution in [-0.4, -0.2) is 72.1 Å². The van der Waals surface area contributed by atoms with Crippen molar-refractivity contribution in [3.63, 3.8) is 0 Å². The number of thioether (sulfide) groups is 1. The molecule has 0 spiro atoms. The van der Waals surface area contributed by atoms with Gasteiger partial charge in [0.2, 0.25) is 5.95 Å². The highest BCUT2D eigenvalue weighted by atomic mass is 32.2. The number of nitrogen functional groups attached to an aromatic ring is 1. The molecule has 0 aliphatic heterocycles. The van der Waals surface area contributed by atoms with Crippen molar-refractivity contribution in [3.8, 4) is 0 Å². The van der Waals surface area contributed by atoms with Crippen LogP contribution in [0.4, 0.5) is 26.9 Å². The van der Waals surface area contributed by atoms with Gasteiger partial charge in [-0.05, 0) is 81.9 Å². The Kier molecular flexibility index (Phi) is 10.4. The number of hydrogen-bond donors (Lipinski definition) is 4. The fourth-order valence-corrected chi connectivity index (χ4v) is 10.0. The first kappa shape index (κ1) is 39.2. The molecule has 1 aromatic carbocycles. The van der Waals surface area contributed by atoms with Crippen LogP contribution < -0.4 is 16.4 Å². The first-order valence-corrected chi connectivity index (χ1v) is 19.4. The molecule has 3 aliphatic carbocycles. The Morgan fingerprint density at radius 1 is 1.15 bits per heavy atom. The minimum absolute atomic E-state index is 0.0970. The van der Waals surface area contributed by atoms with E-state index >= 15 is 0 Å². The van der Waals surface area contributed by atoms with E-state index in [2.05, 4.69) is 52.9 Å². The summed E-state index contributed by atoms with van der Waals surface area (Å²) in [6, 6.07) is 5.95. The number of hydrogen-bond acceptors (Lipinski definition) is 12. The van der Waals surface area contributed by atoms with Crippen molar-refractivity contribution >= 4 is 64.1 Å². The number of nitrogens with one attached hydrogen (secondary N) is 2. The highest BCUT2D eigenvalue weighted by Gasteiger charge is 2.68. The molecule has 54 heavy (non-hydrogen) atoms. The van der Waals surface area contributed by atoms with Crippen molar-refractivity contribution in [1.82, 2.24) is 19.5 Å². The second kappa shape index (κ2) is 14.3. The van der Waals surface area contributed by atoms with Crippen LogP contribution in [0.1, 0.15) is 80.6 Å². The van der Waals surface area contributed by atoms with Gasteiger partial charge in [0.05, 0.1) is 11.9 Å². The number of nitrogens with two attached hydrogens (primary N) is 1. The van der Waals surface area contributed by atoms with Crippen LogP contribution in [0.25, 0.3) is 11.2 Å². The predicted octanol–water partition coefficient (Wildman–Crippen LogP) is 6.83. The molecule has 1 unspecified atom stereocenters. The van der Waals surface area contributed by atoms with Gasteiger partial charge in [0, 0.05) is 34.5 Å². The number of amides is 2. The first-order chi connectivity index (χ1) is 25.3. The monoisotopic (exact) mass is 761 g/mol. The second-order valence-corrected chi connectivity index (χ2v) is 17.6. The third kappa shape index (κ3) is 7.07. The molecule has 3 saturated carbocycles. The number of ether oxygens (including phenoxy) is 2. The molecule has 6 rings (SSSR count). The Hall–Kier alpha value is -4.50. The Morgan fingerprint density at radius 2 is 1.85 bits per heavy atom. The molecule has 290 valence electrons. The quantitative estimate of drug-likeness (QED) is 0.0847. The van der Waals surface area contributed by atoms with Gasteiger partial charge in [-0.25, -0.2) is 24.1 Å². The van der Waals surface area contributed by atoms with E-state index in [9.17, 15) is 24.3 Å². The Morgan fingerprint density at radius 3 is 2.54 bits per heavy atom. The minimum atomic E-state index is -0.764. The summed E-state index contributed by atoms with van der Waals surface area (Å²) in [5, 5.41) is 17.5. The number of anilines is 3. The Balaban J connectivity index is 1.20. The lowest BCUT2D eigenvalue weighted by molar-refractivity contribution is -0.205. The number of carbonyl (C=O) groups excluding carboxylic acids is 4. The molecular weight excluding hydrogens is 711 g/mol. The summed E-state index contributed by atoms with van der Waals surface area (Å²) in [6.07, 6.45) is 4.20.